The Kier molecular flexibility index (Phi) is 5.89. The first kappa shape index (κ1) is 19.5. The molecule has 2 aromatic rings. The van der Waals surface area contributed by atoms with Gasteiger partial charge in [-0.05, 0) is 36.4 Å². The van der Waals surface area contributed by atoms with Crippen molar-refractivity contribution in [2.24, 2.45) is 0 Å². The van der Waals surface area contributed by atoms with E-state index in [2.05, 4.69) is 6.58 Å². The van der Waals surface area contributed by atoms with E-state index in [0.29, 0.717) is 8.73 Å². The summed E-state index contributed by atoms with van der Waals surface area (Å²) in [4.78, 5) is -0.450. The summed E-state index contributed by atoms with van der Waals surface area (Å²) in [6.45, 7) is 3.02. The van der Waals surface area contributed by atoms with Crippen LogP contribution in [0.25, 0.3) is 0 Å². The topological polar surface area (TPSA) is 80.8 Å². The highest BCUT2D eigenvalue weighted by atomic mass is 35.5. The Morgan fingerprint density at radius 2 is 1.64 bits per heavy atom. The molecule has 134 valence electrons. The Bertz CT molecular complexity index is 970. The van der Waals surface area contributed by atoms with Gasteiger partial charge in [-0.2, -0.15) is 0 Å². The van der Waals surface area contributed by atoms with Crippen molar-refractivity contribution in [3.8, 4) is 5.75 Å². The van der Waals surface area contributed by atoms with Crippen molar-refractivity contribution in [2.45, 2.75) is 9.79 Å². The van der Waals surface area contributed by atoms with Crippen molar-refractivity contribution in [3.05, 3.63) is 66.2 Å². The Balaban J connectivity index is 2.64. The average Bonchev–Trinajstić information content (AvgIpc) is 2.59. The number of ether oxygens (including phenoxy) is 1. The van der Waals surface area contributed by atoms with E-state index < -0.39 is 26.6 Å². The molecule has 0 aliphatic carbocycles. The van der Waals surface area contributed by atoms with Crippen LogP contribution in [0, 0.1) is 0 Å². The number of nitrogens with zero attached hydrogens (tertiary/aromatic N) is 1. The molecule has 0 saturated carbocycles. The van der Waals surface area contributed by atoms with Gasteiger partial charge in [0.15, 0.2) is 0 Å². The number of para-hydroxylation sites is 1. The maximum atomic E-state index is 13.0. The molecule has 9 heteroatoms. The second-order valence-corrected chi connectivity index (χ2v) is 9.22. The van der Waals surface area contributed by atoms with E-state index in [1.54, 1.807) is 6.07 Å². The van der Waals surface area contributed by atoms with Crippen molar-refractivity contribution in [2.75, 3.05) is 13.7 Å². The summed E-state index contributed by atoms with van der Waals surface area (Å²) >= 11 is 5.77. The fraction of sp³-hybridized carbons (Fsp3) is 0.125. The summed E-state index contributed by atoms with van der Waals surface area (Å²) in [5.41, 5.74) is 0. The quantitative estimate of drug-likeness (QED) is 0.666. The van der Waals surface area contributed by atoms with E-state index in [4.69, 9.17) is 16.3 Å². The summed E-state index contributed by atoms with van der Waals surface area (Å²) in [5.74, 6) is 0.0443. The van der Waals surface area contributed by atoms with Crippen LogP contribution in [0.4, 0.5) is 0 Å². The van der Waals surface area contributed by atoms with Gasteiger partial charge in [-0.1, -0.05) is 33.5 Å². The zero-order valence-corrected chi connectivity index (χ0v) is 15.7. The lowest BCUT2D eigenvalue weighted by molar-refractivity contribution is 0.401. The van der Waals surface area contributed by atoms with Crippen LogP contribution in [0.2, 0.25) is 5.02 Å². The van der Waals surface area contributed by atoms with Gasteiger partial charge in [-0.15, -0.1) is 6.58 Å². The fourth-order valence-electron chi connectivity index (χ4n) is 2.10. The zero-order valence-electron chi connectivity index (χ0n) is 13.3. The highest BCUT2D eigenvalue weighted by molar-refractivity contribution is 8.04. The van der Waals surface area contributed by atoms with Crippen molar-refractivity contribution >= 4 is 31.6 Å². The molecule has 0 aliphatic heterocycles. The molecule has 0 heterocycles. The lowest BCUT2D eigenvalue weighted by atomic mass is 10.3. The molecule has 0 bridgehead atoms. The van der Waals surface area contributed by atoms with Crippen LogP contribution in [-0.2, 0) is 20.0 Å². The summed E-state index contributed by atoms with van der Waals surface area (Å²) in [6, 6.07) is 11.0. The van der Waals surface area contributed by atoms with Gasteiger partial charge >= 0.3 is 0 Å². The second kappa shape index (κ2) is 7.57. The lowest BCUT2D eigenvalue weighted by Crippen LogP contribution is -2.37. The van der Waals surface area contributed by atoms with Crippen molar-refractivity contribution in [3.63, 3.8) is 0 Å². The molecule has 0 saturated heterocycles. The average molecular weight is 402 g/mol. The van der Waals surface area contributed by atoms with Gasteiger partial charge in [0.25, 0.3) is 20.0 Å². The smallest absolute Gasteiger partial charge is 0.260 e. The van der Waals surface area contributed by atoms with Crippen LogP contribution in [0.3, 0.4) is 0 Å². The molecule has 0 fully saturated rings. The molecule has 0 atom stereocenters. The van der Waals surface area contributed by atoms with Gasteiger partial charge in [-0.3, -0.25) is 0 Å². The number of rotatable bonds is 7. The van der Waals surface area contributed by atoms with E-state index in [1.807, 2.05) is 0 Å². The SMILES string of the molecule is C=CCN(S(=O)(=O)c1ccc(Cl)cc1)S(=O)(=O)c1ccccc1OC. The molecule has 0 unspecified atom stereocenters. The number of hydrogen-bond donors (Lipinski definition) is 0. The van der Waals surface area contributed by atoms with Crippen LogP contribution in [0.15, 0.2) is 71.0 Å². The minimum Gasteiger partial charge on any atom is -0.495 e. The monoisotopic (exact) mass is 401 g/mol. The Morgan fingerprint density at radius 1 is 1.04 bits per heavy atom. The van der Waals surface area contributed by atoms with Gasteiger partial charge in [0.05, 0.1) is 12.0 Å². The van der Waals surface area contributed by atoms with Crippen LogP contribution in [0.1, 0.15) is 0 Å². The van der Waals surface area contributed by atoms with Crippen molar-refractivity contribution in [1.82, 2.24) is 3.71 Å². The predicted octanol–water partition coefficient (Wildman–Crippen LogP) is 2.91. The Labute approximate surface area is 152 Å². The summed E-state index contributed by atoms with van der Waals surface area (Å²) in [5, 5.41) is 0.335. The number of sulfonamides is 2. The lowest BCUT2D eigenvalue weighted by Gasteiger charge is -2.21. The standard InChI is InChI=1S/C16H16ClNO5S2/c1-3-12-18(24(19,20)14-10-8-13(17)9-11-14)25(21,22)16-7-5-4-6-15(16)23-2/h3-11H,1,12H2,2H3. The van der Waals surface area contributed by atoms with Gasteiger partial charge in [0.1, 0.15) is 10.6 Å². The molecule has 0 N–H and O–H groups in total. The normalized spacial score (nSPS) is 12.1. The predicted molar refractivity (Wildman–Crippen MR) is 95.7 cm³/mol. The maximum absolute atomic E-state index is 13.0. The number of benzene rings is 2. The molecule has 2 aromatic carbocycles. The number of hydrogen-bond acceptors (Lipinski definition) is 5. The third-order valence-corrected chi connectivity index (χ3v) is 7.83. The molecule has 0 aliphatic rings. The highest BCUT2D eigenvalue weighted by Crippen LogP contribution is 2.30. The van der Waals surface area contributed by atoms with Crippen LogP contribution in [-0.4, -0.2) is 34.2 Å². The third kappa shape index (κ3) is 3.87. The molecule has 6 nitrogen and oxygen atoms in total. The summed E-state index contributed by atoms with van der Waals surface area (Å²) < 4.78 is 57.1. The molecule has 2 rings (SSSR count). The summed E-state index contributed by atoms with van der Waals surface area (Å²) in [7, 11) is -7.45. The first-order valence-corrected chi connectivity index (χ1v) is 10.3. The maximum Gasteiger partial charge on any atom is 0.260 e. The zero-order chi connectivity index (χ0) is 18.7. The first-order valence-electron chi connectivity index (χ1n) is 7.02. The van der Waals surface area contributed by atoms with Crippen molar-refractivity contribution < 1.29 is 21.6 Å². The van der Waals surface area contributed by atoms with Crippen molar-refractivity contribution in [1.29, 1.82) is 0 Å². The van der Waals surface area contributed by atoms with E-state index >= 15 is 0 Å². The van der Waals surface area contributed by atoms with E-state index in [1.165, 1.54) is 55.7 Å². The van der Waals surface area contributed by atoms with Crippen LogP contribution < -0.4 is 4.74 Å². The number of halogens is 1. The molecule has 0 spiro atoms. The molecular formula is C16H16ClNO5S2. The molecule has 0 radical (unpaired) electrons. The van der Waals surface area contributed by atoms with E-state index in [9.17, 15) is 16.8 Å². The van der Waals surface area contributed by atoms with Gasteiger partial charge in [0, 0.05) is 11.6 Å². The van der Waals surface area contributed by atoms with E-state index in [-0.39, 0.29) is 15.5 Å². The van der Waals surface area contributed by atoms with Gasteiger partial charge in [-0.25, -0.2) is 16.8 Å². The van der Waals surface area contributed by atoms with Crippen LogP contribution >= 0.6 is 11.6 Å². The van der Waals surface area contributed by atoms with Gasteiger partial charge < -0.3 is 4.74 Å². The molecule has 25 heavy (non-hydrogen) atoms. The first-order chi connectivity index (χ1) is 11.7. The van der Waals surface area contributed by atoms with Crippen LogP contribution in [0.5, 0.6) is 5.75 Å². The molecule has 0 aromatic heterocycles. The fourth-order valence-corrected chi connectivity index (χ4v) is 5.95. The largest absolute Gasteiger partial charge is 0.495 e. The molecule has 0 amide bonds. The Hall–Kier alpha value is -1.87. The third-order valence-electron chi connectivity index (χ3n) is 3.27. The Morgan fingerprint density at radius 3 is 2.20 bits per heavy atom. The molecular weight excluding hydrogens is 386 g/mol. The second-order valence-electron chi connectivity index (χ2n) is 4.86. The van der Waals surface area contributed by atoms with Gasteiger partial charge in [0.2, 0.25) is 0 Å². The minimum atomic E-state index is -4.41. The highest BCUT2D eigenvalue weighted by Gasteiger charge is 2.37. The van der Waals surface area contributed by atoms with E-state index in [0.717, 1.165) is 0 Å². The number of methoxy groups -OCH3 is 1. The minimum absolute atomic E-state index is 0.0443. The summed E-state index contributed by atoms with van der Waals surface area (Å²) in [6.07, 6.45) is 1.19.